The number of hydrogen-bond donors (Lipinski definition) is 0. The summed E-state index contributed by atoms with van der Waals surface area (Å²) in [5, 5.41) is 4.15. The summed E-state index contributed by atoms with van der Waals surface area (Å²) < 4.78 is 7.69. The van der Waals surface area contributed by atoms with E-state index in [1.807, 2.05) is 36.5 Å². The SMILES string of the molecule is Cc1ccc(OCC2CCCN(C(=O)CCc3cnn(C)c3)C2)cc1. The number of nitrogens with zero attached hydrogens (tertiary/aromatic N) is 3. The number of aromatic nitrogens is 2. The van der Waals surface area contributed by atoms with Gasteiger partial charge in [0.25, 0.3) is 0 Å². The summed E-state index contributed by atoms with van der Waals surface area (Å²) in [6, 6.07) is 8.14. The van der Waals surface area contributed by atoms with Crippen LogP contribution in [0.3, 0.4) is 0 Å². The predicted molar refractivity (Wildman–Crippen MR) is 97.5 cm³/mol. The van der Waals surface area contributed by atoms with E-state index < -0.39 is 0 Å². The van der Waals surface area contributed by atoms with Gasteiger partial charge in [0.15, 0.2) is 0 Å². The fourth-order valence-corrected chi connectivity index (χ4v) is 3.29. The smallest absolute Gasteiger partial charge is 0.222 e. The topological polar surface area (TPSA) is 47.4 Å². The summed E-state index contributed by atoms with van der Waals surface area (Å²) in [7, 11) is 1.90. The van der Waals surface area contributed by atoms with Crippen LogP contribution < -0.4 is 4.74 Å². The molecular weight excluding hydrogens is 314 g/mol. The zero-order valence-corrected chi connectivity index (χ0v) is 15.1. The van der Waals surface area contributed by atoms with E-state index in [-0.39, 0.29) is 5.91 Å². The Balaban J connectivity index is 1.45. The Morgan fingerprint density at radius 3 is 2.84 bits per heavy atom. The van der Waals surface area contributed by atoms with Gasteiger partial charge in [-0.25, -0.2) is 0 Å². The van der Waals surface area contributed by atoms with Crippen LogP contribution in [0.25, 0.3) is 0 Å². The van der Waals surface area contributed by atoms with E-state index in [4.69, 9.17) is 4.74 Å². The molecule has 0 aliphatic carbocycles. The molecule has 2 aromatic rings. The van der Waals surface area contributed by atoms with Crippen molar-refractivity contribution in [1.82, 2.24) is 14.7 Å². The van der Waals surface area contributed by atoms with Crippen LogP contribution in [-0.2, 0) is 18.3 Å². The number of carbonyl (C=O) groups is 1. The predicted octanol–water partition coefficient (Wildman–Crippen LogP) is 2.98. The maximum atomic E-state index is 12.5. The molecule has 1 unspecified atom stereocenters. The lowest BCUT2D eigenvalue weighted by atomic mass is 9.98. The third kappa shape index (κ3) is 5.08. The van der Waals surface area contributed by atoms with Crippen LogP contribution in [0.5, 0.6) is 5.75 Å². The van der Waals surface area contributed by atoms with Gasteiger partial charge in [-0.05, 0) is 43.9 Å². The standard InChI is InChI=1S/C20H27N3O2/c1-16-5-8-19(9-6-16)25-15-18-4-3-11-23(14-18)20(24)10-7-17-12-21-22(2)13-17/h5-6,8-9,12-13,18H,3-4,7,10-11,14-15H2,1-2H3. The van der Waals surface area contributed by atoms with Crippen molar-refractivity contribution in [3.63, 3.8) is 0 Å². The van der Waals surface area contributed by atoms with E-state index in [1.165, 1.54) is 5.56 Å². The molecule has 1 atom stereocenters. The highest BCUT2D eigenvalue weighted by molar-refractivity contribution is 5.76. The molecule has 1 aliphatic rings. The lowest BCUT2D eigenvalue weighted by Crippen LogP contribution is -2.41. The van der Waals surface area contributed by atoms with Gasteiger partial charge in [0.1, 0.15) is 5.75 Å². The summed E-state index contributed by atoms with van der Waals surface area (Å²) in [4.78, 5) is 14.5. The molecule has 5 nitrogen and oxygen atoms in total. The summed E-state index contributed by atoms with van der Waals surface area (Å²) >= 11 is 0. The normalized spacial score (nSPS) is 17.5. The first-order valence-electron chi connectivity index (χ1n) is 9.05. The van der Waals surface area contributed by atoms with Crippen LogP contribution in [0.2, 0.25) is 0 Å². The van der Waals surface area contributed by atoms with Crippen LogP contribution in [0.4, 0.5) is 0 Å². The average Bonchev–Trinajstić information content (AvgIpc) is 3.05. The third-order valence-electron chi connectivity index (χ3n) is 4.76. The monoisotopic (exact) mass is 341 g/mol. The highest BCUT2D eigenvalue weighted by Crippen LogP contribution is 2.20. The van der Waals surface area contributed by atoms with Crippen molar-refractivity contribution in [2.45, 2.75) is 32.6 Å². The summed E-state index contributed by atoms with van der Waals surface area (Å²) in [5.41, 5.74) is 2.35. The van der Waals surface area contributed by atoms with Crippen molar-refractivity contribution < 1.29 is 9.53 Å². The Morgan fingerprint density at radius 2 is 2.12 bits per heavy atom. The minimum atomic E-state index is 0.240. The fraction of sp³-hybridized carbons (Fsp3) is 0.500. The van der Waals surface area contributed by atoms with E-state index in [0.717, 1.165) is 43.7 Å². The lowest BCUT2D eigenvalue weighted by Gasteiger charge is -2.32. The Hall–Kier alpha value is -2.30. The number of hydrogen-bond acceptors (Lipinski definition) is 3. The molecule has 0 saturated carbocycles. The maximum Gasteiger partial charge on any atom is 0.222 e. The van der Waals surface area contributed by atoms with E-state index in [2.05, 4.69) is 24.2 Å². The number of likely N-dealkylation sites (tertiary alicyclic amines) is 1. The van der Waals surface area contributed by atoms with Gasteiger partial charge in [0.05, 0.1) is 12.8 Å². The largest absolute Gasteiger partial charge is 0.493 e. The zero-order valence-electron chi connectivity index (χ0n) is 15.1. The number of aryl methyl sites for hydroxylation is 3. The second-order valence-electron chi connectivity index (χ2n) is 6.99. The van der Waals surface area contributed by atoms with Crippen LogP contribution in [0.15, 0.2) is 36.7 Å². The number of piperidine rings is 1. The Morgan fingerprint density at radius 1 is 1.32 bits per heavy atom. The van der Waals surface area contributed by atoms with Gasteiger partial charge in [-0.15, -0.1) is 0 Å². The summed E-state index contributed by atoms with van der Waals surface area (Å²) in [6.07, 6.45) is 7.30. The van der Waals surface area contributed by atoms with Crippen molar-refractivity contribution in [3.05, 3.63) is 47.8 Å². The van der Waals surface area contributed by atoms with Gasteiger partial charge in [-0.1, -0.05) is 17.7 Å². The molecular formula is C20H27N3O2. The molecule has 0 bridgehead atoms. The molecule has 0 N–H and O–H groups in total. The highest BCUT2D eigenvalue weighted by Gasteiger charge is 2.24. The average molecular weight is 341 g/mol. The van der Waals surface area contributed by atoms with Crippen LogP contribution in [-0.4, -0.2) is 40.3 Å². The first kappa shape index (κ1) is 17.5. The van der Waals surface area contributed by atoms with Crippen molar-refractivity contribution in [2.24, 2.45) is 13.0 Å². The first-order chi connectivity index (χ1) is 12.1. The molecule has 1 aromatic heterocycles. The van der Waals surface area contributed by atoms with E-state index in [9.17, 15) is 4.79 Å². The van der Waals surface area contributed by atoms with E-state index in [1.54, 1.807) is 4.68 Å². The van der Waals surface area contributed by atoms with Gasteiger partial charge in [0.2, 0.25) is 5.91 Å². The molecule has 134 valence electrons. The van der Waals surface area contributed by atoms with Gasteiger partial charge < -0.3 is 9.64 Å². The molecule has 0 spiro atoms. The molecule has 2 heterocycles. The number of amides is 1. The van der Waals surface area contributed by atoms with Crippen LogP contribution in [0, 0.1) is 12.8 Å². The maximum absolute atomic E-state index is 12.5. The van der Waals surface area contributed by atoms with Gasteiger partial charge in [0, 0.05) is 38.7 Å². The molecule has 1 saturated heterocycles. The van der Waals surface area contributed by atoms with Crippen molar-refractivity contribution in [2.75, 3.05) is 19.7 Å². The molecule has 1 amide bonds. The molecule has 5 heteroatoms. The van der Waals surface area contributed by atoms with Crippen molar-refractivity contribution in [1.29, 1.82) is 0 Å². The van der Waals surface area contributed by atoms with Gasteiger partial charge >= 0.3 is 0 Å². The van der Waals surface area contributed by atoms with E-state index in [0.29, 0.717) is 18.9 Å². The molecule has 25 heavy (non-hydrogen) atoms. The summed E-state index contributed by atoms with van der Waals surface area (Å²) in [5.74, 6) is 1.56. The number of ether oxygens (including phenoxy) is 1. The number of carbonyl (C=O) groups excluding carboxylic acids is 1. The van der Waals surface area contributed by atoms with Gasteiger partial charge in [-0.2, -0.15) is 5.10 Å². The minimum absolute atomic E-state index is 0.240. The minimum Gasteiger partial charge on any atom is -0.493 e. The van der Waals surface area contributed by atoms with Crippen molar-refractivity contribution in [3.8, 4) is 5.75 Å². The second kappa shape index (κ2) is 8.19. The Kier molecular flexibility index (Phi) is 5.74. The van der Waals surface area contributed by atoms with E-state index >= 15 is 0 Å². The highest BCUT2D eigenvalue weighted by atomic mass is 16.5. The van der Waals surface area contributed by atoms with Crippen molar-refractivity contribution >= 4 is 5.91 Å². The zero-order chi connectivity index (χ0) is 17.6. The molecule has 1 fully saturated rings. The lowest BCUT2D eigenvalue weighted by molar-refractivity contribution is -0.133. The molecule has 0 radical (unpaired) electrons. The second-order valence-corrected chi connectivity index (χ2v) is 6.99. The fourth-order valence-electron chi connectivity index (χ4n) is 3.29. The number of rotatable bonds is 6. The molecule has 3 rings (SSSR count). The molecule has 1 aliphatic heterocycles. The van der Waals surface area contributed by atoms with Crippen LogP contribution >= 0.6 is 0 Å². The Labute approximate surface area is 149 Å². The number of benzene rings is 1. The van der Waals surface area contributed by atoms with Crippen LogP contribution in [0.1, 0.15) is 30.4 Å². The first-order valence-corrected chi connectivity index (χ1v) is 9.05. The Bertz CT molecular complexity index is 693. The van der Waals surface area contributed by atoms with Gasteiger partial charge in [-0.3, -0.25) is 9.48 Å². The third-order valence-corrected chi connectivity index (χ3v) is 4.76. The quantitative estimate of drug-likeness (QED) is 0.811. The summed E-state index contributed by atoms with van der Waals surface area (Å²) in [6.45, 7) is 4.42. The molecule has 1 aromatic carbocycles.